The summed E-state index contributed by atoms with van der Waals surface area (Å²) in [5.74, 6) is -1.55. The molecule has 0 spiro atoms. The number of nitrogens with one attached hydrogen (secondary N) is 1. The molecule has 1 aliphatic rings. The van der Waals surface area contributed by atoms with Crippen LogP contribution in [0.2, 0.25) is 5.02 Å². The fourth-order valence-electron chi connectivity index (χ4n) is 3.30. The zero-order valence-corrected chi connectivity index (χ0v) is 19.6. The molecule has 1 aliphatic heterocycles. The summed E-state index contributed by atoms with van der Waals surface area (Å²) >= 11 is 7.20. The highest BCUT2D eigenvalue weighted by molar-refractivity contribution is 8.04. The molecule has 1 heterocycles. The number of hydrogen-bond acceptors (Lipinski definition) is 4. The predicted molar refractivity (Wildman–Crippen MR) is 128 cm³/mol. The third-order valence-electron chi connectivity index (χ3n) is 5.12. The molecule has 0 unspecified atom stereocenters. The van der Waals surface area contributed by atoms with Crippen molar-refractivity contribution >= 4 is 46.6 Å². The van der Waals surface area contributed by atoms with E-state index >= 15 is 0 Å². The van der Waals surface area contributed by atoms with E-state index in [0.29, 0.717) is 21.5 Å². The van der Waals surface area contributed by atoms with Crippen LogP contribution >= 0.6 is 23.4 Å². The number of halogens is 4. The van der Waals surface area contributed by atoms with Crippen LogP contribution in [-0.2, 0) is 15.8 Å². The van der Waals surface area contributed by atoms with Gasteiger partial charge in [-0.25, -0.2) is 4.90 Å². The van der Waals surface area contributed by atoms with E-state index in [4.69, 9.17) is 11.6 Å². The number of imide groups is 1. The molecule has 4 nitrogen and oxygen atoms in total. The number of rotatable bonds is 5. The van der Waals surface area contributed by atoms with Crippen molar-refractivity contribution in [3.05, 3.63) is 99.0 Å². The average Bonchev–Trinajstić information content (AvgIpc) is 3.00. The van der Waals surface area contributed by atoms with Gasteiger partial charge in [-0.05, 0) is 56.3 Å². The average molecular weight is 503 g/mol. The standard InChI is InChI=1S/C25H18ClF3N2O2S/c1-14-3-8-17(9-4-14)30-21-22(34-18-10-5-15(2)6-11-18)24(33)31(23(21)32)20-13-16(25(27,28)29)7-12-19(20)26/h3-13,30H,1-2H3. The van der Waals surface area contributed by atoms with E-state index in [1.807, 2.05) is 38.1 Å². The molecular formula is C25H18ClF3N2O2S. The van der Waals surface area contributed by atoms with Gasteiger partial charge in [0.25, 0.3) is 11.8 Å². The summed E-state index contributed by atoms with van der Waals surface area (Å²) in [4.78, 5) is 28.2. The summed E-state index contributed by atoms with van der Waals surface area (Å²) in [6.45, 7) is 3.82. The van der Waals surface area contributed by atoms with E-state index in [1.54, 1.807) is 24.3 Å². The van der Waals surface area contributed by atoms with Crippen LogP contribution in [0.5, 0.6) is 0 Å². The Morgan fingerprint density at radius 3 is 2.03 bits per heavy atom. The monoisotopic (exact) mass is 502 g/mol. The number of alkyl halides is 3. The summed E-state index contributed by atoms with van der Waals surface area (Å²) in [5, 5.41) is 2.83. The van der Waals surface area contributed by atoms with Gasteiger partial charge < -0.3 is 5.32 Å². The van der Waals surface area contributed by atoms with Gasteiger partial charge in [0.2, 0.25) is 0 Å². The minimum absolute atomic E-state index is 0.0343. The Labute approximate surface area is 203 Å². The van der Waals surface area contributed by atoms with Crippen molar-refractivity contribution in [2.45, 2.75) is 24.9 Å². The van der Waals surface area contributed by atoms with Crippen molar-refractivity contribution in [1.82, 2.24) is 0 Å². The number of hydrogen-bond donors (Lipinski definition) is 1. The van der Waals surface area contributed by atoms with Crippen LogP contribution in [0.25, 0.3) is 0 Å². The Morgan fingerprint density at radius 1 is 0.853 bits per heavy atom. The smallest absolute Gasteiger partial charge is 0.350 e. The minimum Gasteiger partial charge on any atom is -0.350 e. The lowest BCUT2D eigenvalue weighted by atomic mass is 10.2. The van der Waals surface area contributed by atoms with Crippen LogP contribution in [0.3, 0.4) is 0 Å². The van der Waals surface area contributed by atoms with E-state index in [9.17, 15) is 22.8 Å². The Morgan fingerprint density at radius 2 is 1.44 bits per heavy atom. The largest absolute Gasteiger partial charge is 0.416 e. The number of thioether (sulfide) groups is 1. The number of benzene rings is 3. The number of nitrogens with zero attached hydrogens (tertiary/aromatic N) is 1. The lowest BCUT2D eigenvalue weighted by Gasteiger charge is -2.18. The molecule has 0 fully saturated rings. The highest BCUT2D eigenvalue weighted by Gasteiger charge is 2.42. The number of carbonyl (C=O) groups excluding carboxylic acids is 2. The molecule has 34 heavy (non-hydrogen) atoms. The number of aryl methyl sites for hydroxylation is 2. The van der Waals surface area contributed by atoms with Crippen molar-refractivity contribution in [2.75, 3.05) is 10.2 Å². The molecule has 4 rings (SSSR count). The van der Waals surface area contributed by atoms with Crippen molar-refractivity contribution < 1.29 is 22.8 Å². The second-order valence-electron chi connectivity index (χ2n) is 7.72. The molecule has 9 heteroatoms. The molecule has 0 atom stereocenters. The third kappa shape index (κ3) is 4.83. The van der Waals surface area contributed by atoms with Crippen LogP contribution in [0.1, 0.15) is 16.7 Å². The van der Waals surface area contributed by atoms with E-state index in [0.717, 1.165) is 35.0 Å². The molecule has 0 aromatic heterocycles. The molecule has 0 saturated heterocycles. The zero-order valence-electron chi connectivity index (χ0n) is 18.0. The predicted octanol–water partition coefficient (Wildman–Crippen LogP) is 6.96. The zero-order chi connectivity index (χ0) is 24.6. The number of anilines is 2. The first kappa shape index (κ1) is 23.9. The van der Waals surface area contributed by atoms with Crippen LogP contribution < -0.4 is 10.2 Å². The molecule has 0 bridgehead atoms. The number of amides is 2. The molecule has 3 aromatic rings. The van der Waals surface area contributed by atoms with Crippen molar-refractivity contribution in [3.63, 3.8) is 0 Å². The fourth-order valence-corrected chi connectivity index (χ4v) is 4.43. The van der Waals surface area contributed by atoms with Crippen LogP contribution in [0, 0.1) is 13.8 Å². The Bertz CT molecular complexity index is 1230. The van der Waals surface area contributed by atoms with Gasteiger partial charge in [0, 0.05) is 10.6 Å². The maximum absolute atomic E-state index is 13.4. The van der Waals surface area contributed by atoms with Crippen molar-refractivity contribution in [3.8, 4) is 0 Å². The summed E-state index contributed by atoms with van der Waals surface area (Å²) in [7, 11) is 0. The highest BCUT2D eigenvalue weighted by atomic mass is 35.5. The molecular weight excluding hydrogens is 485 g/mol. The third-order valence-corrected chi connectivity index (χ3v) is 6.53. The van der Waals surface area contributed by atoms with E-state index in [2.05, 4.69) is 5.32 Å². The van der Waals surface area contributed by atoms with Gasteiger partial charge in [-0.1, -0.05) is 58.8 Å². The van der Waals surface area contributed by atoms with Gasteiger partial charge in [-0.15, -0.1) is 0 Å². The van der Waals surface area contributed by atoms with Crippen molar-refractivity contribution in [2.24, 2.45) is 0 Å². The van der Waals surface area contributed by atoms with Crippen LogP contribution in [-0.4, -0.2) is 11.8 Å². The van der Waals surface area contributed by atoms with E-state index in [-0.39, 0.29) is 21.3 Å². The molecule has 2 amide bonds. The van der Waals surface area contributed by atoms with Crippen molar-refractivity contribution in [1.29, 1.82) is 0 Å². The Kier molecular flexibility index (Phi) is 6.47. The highest BCUT2D eigenvalue weighted by Crippen LogP contribution is 2.42. The van der Waals surface area contributed by atoms with Gasteiger partial charge in [-0.2, -0.15) is 13.2 Å². The fraction of sp³-hybridized carbons (Fsp3) is 0.120. The quantitative estimate of drug-likeness (QED) is 0.383. The molecule has 0 aliphatic carbocycles. The summed E-state index contributed by atoms with van der Waals surface area (Å²) in [6, 6.07) is 17.0. The lowest BCUT2D eigenvalue weighted by molar-refractivity contribution is -0.137. The van der Waals surface area contributed by atoms with Gasteiger partial charge >= 0.3 is 6.18 Å². The van der Waals surface area contributed by atoms with Gasteiger partial charge in [0.15, 0.2) is 0 Å². The first-order valence-corrected chi connectivity index (χ1v) is 11.3. The molecule has 174 valence electrons. The van der Waals surface area contributed by atoms with Crippen LogP contribution in [0.4, 0.5) is 24.5 Å². The Balaban J connectivity index is 1.78. The molecule has 3 aromatic carbocycles. The van der Waals surface area contributed by atoms with E-state index < -0.39 is 23.6 Å². The molecule has 0 radical (unpaired) electrons. The van der Waals surface area contributed by atoms with Gasteiger partial charge in [0.05, 0.1) is 16.3 Å². The lowest BCUT2D eigenvalue weighted by Crippen LogP contribution is -2.33. The topological polar surface area (TPSA) is 49.4 Å². The molecule has 0 saturated carbocycles. The maximum atomic E-state index is 13.4. The summed E-state index contributed by atoms with van der Waals surface area (Å²) in [5.41, 5.74) is 1.20. The van der Waals surface area contributed by atoms with Gasteiger partial charge in [-0.3, -0.25) is 9.59 Å². The first-order chi connectivity index (χ1) is 16.0. The maximum Gasteiger partial charge on any atom is 0.416 e. The normalized spacial score (nSPS) is 14.2. The molecule has 1 N–H and O–H groups in total. The van der Waals surface area contributed by atoms with Crippen LogP contribution in [0.15, 0.2) is 82.2 Å². The minimum atomic E-state index is -4.67. The Hall–Kier alpha value is -3.23. The first-order valence-electron chi connectivity index (χ1n) is 10.1. The number of carbonyl (C=O) groups is 2. The van der Waals surface area contributed by atoms with Gasteiger partial charge in [0.1, 0.15) is 10.6 Å². The summed E-state index contributed by atoms with van der Waals surface area (Å²) < 4.78 is 39.9. The SMILES string of the molecule is Cc1ccc(NC2=C(Sc3ccc(C)cc3)C(=O)N(c3cc(C(F)(F)F)ccc3Cl)C2=O)cc1. The second kappa shape index (κ2) is 9.19. The summed E-state index contributed by atoms with van der Waals surface area (Å²) in [6.07, 6.45) is -4.67. The second-order valence-corrected chi connectivity index (χ2v) is 9.21. The van der Waals surface area contributed by atoms with E-state index in [1.165, 1.54) is 0 Å².